The molecule has 1 aromatic heterocycles. The molecule has 3 aromatic carbocycles. The van der Waals surface area contributed by atoms with Gasteiger partial charge in [0.2, 0.25) is 0 Å². The molecule has 1 aliphatic carbocycles. The zero-order valence-electron chi connectivity index (χ0n) is 23.5. The minimum Gasteiger partial charge on any atom is -0.492 e. The first-order chi connectivity index (χ1) is 19.1. The molecular formula is C33H33FN2O4. The van der Waals surface area contributed by atoms with Crippen molar-refractivity contribution in [2.75, 3.05) is 6.61 Å². The summed E-state index contributed by atoms with van der Waals surface area (Å²) in [6, 6.07) is 13.4. The van der Waals surface area contributed by atoms with Crippen molar-refractivity contribution in [2.24, 2.45) is 7.05 Å². The van der Waals surface area contributed by atoms with E-state index in [1.165, 1.54) is 0 Å². The average molecular weight is 541 g/mol. The molecule has 7 heteroatoms. The van der Waals surface area contributed by atoms with Crippen LogP contribution in [0, 0.1) is 33.5 Å². The Balaban J connectivity index is 1.32. The van der Waals surface area contributed by atoms with E-state index in [-0.39, 0.29) is 18.2 Å². The van der Waals surface area contributed by atoms with Gasteiger partial charge in [0.05, 0.1) is 18.7 Å². The minimum absolute atomic E-state index is 0.0262. The third-order valence-electron chi connectivity index (χ3n) is 8.45. The number of halogens is 1. The van der Waals surface area contributed by atoms with Crippen LogP contribution in [0.3, 0.4) is 0 Å². The quantitative estimate of drug-likeness (QED) is 0.281. The topological polar surface area (TPSA) is 73.6 Å². The van der Waals surface area contributed by atoms with Crippen molar-refractivity contribution in [1.82, 2.24) is 9.78 Å². The van der Waals surface area contributed by atoms with Crippen molar-refractivity contribution in [3.8, 4) is 33.8 Å². The summed E-state index contributed by atoms with van der Waals surface area (Å²) in [6.45, 7) is 8.70. The Hall–Kier alpha value is -4.13. The molecule has 0 amide bonds. The van der Waals surface area contributed by atoms with E-state index in [2.05, 4.69) is 38.0 Å². The molecule has 2 heterocycles. The maximum atomic E-state index is 15.3. The smallest absolute Gasteiger partial charge is 0.304 e. The number of hydrogen-bond donors (Lipinski definition) is 1. The van der Waals surface area contributed by atoms with Crippen molar-refractivity contribution in [3.05, 3.63) is 87.5 Å². The molecule has 0 unspecified atom stereocenters. The lowest BCUT2D eigenvalue weighted by atomic mass is 9.87. The Bertz CT molecular complexity index is 1650. The van der Waals surface area contributed by atoms with Crippen LogP contribution in [-0.2, 0) is 18.3 Å². The van der Waals surface area contributed by atoms with Gasteiger partial charge in [-0.05, 0) is 86.1 Å². The number of ether oxygens (including phenoxy) is 2. The van der Waals surface area contributed by atoms with E-state index >= 15 is 4.39 Å². The number of carboxylic acid groups (broad SMARTS) is 1. The van der Waals surface area contributed by atoms with Gasteiger partial charge >= 0.3 is 5.97 Å². The van der Waals surface area contributed by atoms with Crippen molar-refractivity contribution in [2.45, 2.75) is 59.0 Å². The summed E-state index contributed by atoms with van der Waals surface area (Å²) >= 11 is 0. The highest BCUT2D eigenvalue weighted by Gasteiger charge is 2.32. The van der Waals surface area contributed by atoms with E-state index in [4.69, 9.17) is 9.47 Å². The second-order valence-electron chi connectivity index (χ2n) is 11.1. The molecule has 0 bridgehead atoms. The number of carbonyl (C=O) groups is 1. The molecule has 0 saturated heterocycles. The SMILES string of the molecule is Cc1cc(-c2c(C)nn(C)c2C)cc(C)c1-c1ccc(F)c2c1CC[C@H]2Oc1ccc2c(c1)OC[C@H]2CC(=O)O. The van der Waals surface area contributed by atoms with Crippen LogP contribution in [0.4, 0.5) is 4.39 Å². The first-order valence-electron chi connectivity index (χ1n) is 13.7. The van der Waals surface area contributed by atoms with E-state index < -0.39 is 12.1 Å². The van der Waals surface area contributed by atoms with Crippen LogP contribution >= 0.6 is 0 Å². The molecule has 6 rings (SSSR count). The van der Waals surface area contributed by atoms with Crippen LogP contribution in [-0.4, -0.2) is 27.5 Å². The van der Waals surface area contributed by atoms with Gasteiger partial charge in [0.15, 0.2) is 0 Å². The first kappa shape index (κ1) is 26.1. The fraction of sp³-hybridized carbons (Fsp3) is 0.333. The monoisotopic (exact) mass is 540 g/mol. The lowest BCUT2D eigenvalue weighted by Crippen LogP contribution is -2.07. The van der Waals surface area contributed by atoms with Gasteiger partial charge < -0.3 is 14.6 Å². The fourth-order valence-electron chi connectivity index (χ4n) is 6.62. The number of fused-ring (bicyclic) bond motifs is 2. The zero-order valence-corrected chi connectivity index (χ0v) is 23.5. The van der Waals surface area contributed by atoms with Crippen LogP contribution in [0.25, 0.3) is 22.3 Å². The van der Waals surface area contributed by atoms with Gasteiger partial charge in [0.25, 0.3) is 0 Å². The maximum absolute atomic E-state index is 15.3. The Morgan fingerprint density at radius 1 is 1.10 bits per heavy atom. The average Bonchev–Trinajstić information content (AvgIpc) is 3.56. The Morgan fingerprint density at radius 2 is 1.85 bits per heavy atom. The summed E-state index contributed by atoms with van der Waals surface area (Å²) in [6.07, 6.45) is 1.01. The van der Waals surface area contributed by atoms with Crippen molar-refractivity contribution in [3.63, 3.8) is 0 Å². The molecule has 40 heavy (non-hydrogen) atoms. The van der Waals surface area contributed by atoms with Crippen LogP contribution in [0.5, 0.6) is 11.5 Å². The van der Waals surface area contributed by atoms with E-state index in [9.17, 15) is 9.90 Å². The number of rotatable bonds is 6. The minimum atomic E-state index is -0.849. The highest BCUT2D eigenvalue weighted by Crippen LogP contribution is 2.45. The molecule has 6 nitrogen and oxygen atoms in total. The second kappa shape index (κ2) is 9.81. The number of aliphatic carboxylic acids is 1. The Morgan fingerprint density at radius 3 is 2.52 bits per heavy atom. The molecule has 0 radical (unpaired) electrons. The fourth-order valence-corrected chi connectivity index (χ4v) is 6.62. The predicted octanol–water partition coefficient (Wildman–Crippen LogP) is 7.14. The summed E-state index contributed by atoms with van der Waals surface area (Å²) in [7, 11) is 1.96. The molecule has 0 saturated carbocycles. The molecule has 4 aromatic rings. The molecule has 2 atom stereocenters. The standard InChI is InChI=1S/C33H33FN2O4/c1-17-12-21(32-19(3)35-36(5)20(32)4)13-18(2)31(17)25-8-10-27(34)33-26(25)9-11-28(33)40-23-6-7-24-22(14-30(37)38)16-39-29(24)15-23/h6-8,10,12-13,15,22,28H,9,11,14,16H2,1-5H3,(H,37,38)/t22-,28-/m1/s1. The number of aryl methyl sites for hydroxylation is 4. The van der Waals surface area contributed by atoms with Crippen molar-refractivity contribution < 1.29 is 23.8 Å². The molecule has 0 fully saturated rings. The van der Waals surface area contributed by atoms with Gasteiger partial charge in [-0.15, -0.1) is 0 Å². The molecule has 1 N–H and O–H groups in total. The van der Waals surface area contributed by atoms with Gasteiger partial charge in [0.1, 0.15) is 23.4 Å². The number of aromatic nitrogens is 2. The number of carboxylic acids is 1. The van der Waals surface area contributed by atoms with Crippen LogP contribution in [0.2, 0.25) is 0 Å². The summed E-state index contributed by atoms with van der Waals surface area (Å²) < 4.78 is 29.3. The van der Waals surface area contributed by atoms with Gasteiger partial charge in [-0.1, -0.05) is 24.3 Å². The van der Waals surface area contributed by atoms with Crippen molar-refractivity contribution in [1.29, 1.82) is 0 Å². The summed E-state index contributed by atoms with van der Waals surface area (Å²) in [5.41, 5.74) is 11.4. The highest BCUT2D eigenvalue weighted by molar-refractivity contribution is 5.80. The van der Waals surface area contributed by atoms with Gasteiger partial charge in [-0.25, -0.2) is 4.39 Å². The van der Waals surface area contributed by atoms with E-state index in [0.717, 1.165) is 62.3 Å². The molecule has 1 aliphatic heterocycles. The molecule has 0 spiro atoms. The van der Waals surface area contributed by atoms with Gasteiger partial charge in [-0.3, -0.25) is 9.48 Å². The molecule has 206 valence electrons. The highest BCUT2D eigenvalue weighted by atomic mass is 19.1. The second-order valence-corrected chi connectivity index (χ2v) is 11.1. The largest absolute Gasteiger partial charge is 0.492 e. The third-order valence-corrected chi connectivity index (χ3v) is 8.45. The Labute approximate surface area is 233 Å². The maximum Gasteiger partial charge on any atom is 0.304 e. The van der Waals surface area contributed by atoms with Gasteiger partial charge in [-0.2, -0.15) is 5.10 Å². The first-order valence-corrected chi connectivity index (χ1v) is 13.7. The predicted molar refractivity (Wildman–Crippen MR) is 152 cm³/mol. The van der Waals surface area contributed by atoms with Crippen LogP contribution < -0.4 is 9.47 Å². The zero-order chi connectivity index (χ0) is 28.3. The summed E-state index contributed by atoms with van der Waals surface area (Å²) in [5.74, 6) is -0.0395. The van der Waals surface area contributed by atoms with Crippen LogP contribution in [0.15, 0.2) is 42.5 Å². The van der Waals surface area contributed by atoms with Crippen LogP contribution in [0.1, 0.15) is 64.1 Å². The van der Waals surface area contributed by atoms with Gasteiger partial charge in [0, 0.05) is 41.4 Å². The molecular weight excluding hydrogens is 507 g/mol. The third kappa shape index (κ3) is 4.34. The number of benzene rings is 3. The van der Waals surface area contributed by atoms with Crippen molar-refractivity contribution >= 4 is 5.97 Å². The van der Waals surface area contributed by atoms with E-state index in [0.29, 0.717) is 30.1 Å². The lowest BCUT2D eigenvalue weighted by molar-refractivity contribution is -0.137. The van der Waals surface area contributed by atoms with E-state index in [1.807, 2.05) is 36.9 Å². The number of nitrogens with zero attached hydrogens (tertiary/aromatic N) is 2. The normalized spacial score (nSPS) is 17.4. The summed E-state index contributed by atoms with van der Waals surface area (Å²) in [5, 5.41) is 13.8. The summed E-state index contributed by atoms with van der Waals surface area (Å²) in [4.78, 5) is 11.2. The lowest BCUT2D eigenvalue weighted by Gasteiger charge is -2.19. The molecule has 2 aliphatic rings. The Kier molecular flexibility index (Phi) is 6.40. The van der Waals surface area contributed by atoms with E-state index in [1.54, 1.807) is 12.1 Å². The number of hydrogen-bond acceptors (Lipinski definition) is 4.